The molecule has 2 heterocycles. The summed E-state index contributed by atoms with van der Waals surface area (Å²) in [5.74, 6) is 0.0523. The Balaban J connectivity index is 1.70. The van der Waals surface area contributed by atoms with Crippen molar-refractivity contribution in [1.29, 1.82) is 0 Å². The highest BCUT2D eigenvalue weighted by Crippen LogP contribution is 2.20. The van der Waals surface area contributed by atoms with E-state index in [1.165, 1.54) is 6.20 Å². The molecule has 0 atom stereocenters. The summed E-state index contributed by atoms with van der Waals surface area (Å²) in [5.41, 5.74) is 2.83. The predicted octanol–water partition coefficient (Wildman–Crippen LogP) is 3.70. The number of anilines is 2. The molecule has 7 heteroatoms. The van der Waals surface area contributed by atoms with Crippen LogP contribution >= 0.6 is 11.6 Å². The maximum absolute atomic E-state index is 12.4. The first kappa shape index (κ1) is 16.9. The number of amides is 1. The fraction of sp³-hybridized carbons (Fsp3) is 0.111. The summed E-state index contributed by atoms with van der Waals surface area (Å²) in [6, 6.07) is 10.7. The average molecular weight is 354 g/mol. The van der Waals surface area contributed by atoms with Gasteiger partial charge in [-0.25, -0.2) is 9.97 Å². The topological polar surface area (TPSA) is 79.8 Å². The van der Waals surface area contributed by atoms with Gasteiger partial charge in [-0.2, -0.15) is 0 Å². The molecular formula is C18H16ClN5O. The van der Waals surface area contributed by atoms with Gasteiger partial charge in [-0.05, 0) is 42.3 Å². The second-order valence-electron chi connectivity index (χ2n) is 5.39. The SMILES string of the molecule is Cc1ccc(Cl)cc1NC(=O)c1ccnc(NCc2cccnc2)n1. The summed E-state index contributed by atoms with van der Waals surface area (Å²) in [6.45, 7) is 2.42. The van der Waals surface area contributed by atoms with Crippen LogP contribution in [0.1, 0.15) is 21.6 Å². The van der Waals surface area contributed by atoms with Crippen LogP contribution in [0.25, 0.3) is 0 Å². The van der Waals surface area contributed by atoms with Crippen molar-refractivity contribution in [2.24, 2.45) is 0 Å². The molecule has 0 radical (unpaired) electrons. The molecule has 25 heavy (non-hydrogen) atoms. The molecule has 3 rings (SSSR count). The van der Waals surface area contributed by atoms with E-state index in [0.29, 0.717) is 23.2 Å². The van der Waals surface area contributed by atoms with Crippen LogP contribution in [-0.4, -0.2) is 20.9 Å². The van der Waals surface area contributed by atoms with Gasteiger partial charge < -0.3 is 10.6 Å². The van der Waals surface area contributed by atoms with Crippen molar-refractivity contribution in [2.75, 3.05) is 10.6 Å². The number of pyridine rings is 1. The van der Waals surface area contributed by atoms with E-state index in [9.17, 15) is 4.79 Å². The Kier molecular flexibility index (Phi) is 5.20. The van der Waals surface area contributed by atoms with Crippen LogP contribution < -0.4 is 10.6 Å². The zero-order valence-corrected chi connectivity index (χ0v) is 14.3. The number of nitrogens with one attached hydrogen (secondary N) is 2. The lowest BCUT2D eigenvalue weighted by Crippen LogP contribution is -2.16. The molecule has 0 fully saturated rings. The number of hydrogen-bond donors (Lipinski definition) is 2. The third-order valence-electron chi connectivity index (χ3n) is 3.51. The van der Waals surface area contributed by atoms with E-state index in [0.717, 1.165) is 11.1 Å². The summed E-state index contributed by atoms with van der Waals surface area (Å²) >= 11 is 5.98. The van der Waals surface area contributed by atoms with Crippen molar-refractivity contribution in [2.45, 2.75) is 13.5 Å². The molecular weight excluding hydrogens is 338 g/mol. The highest BCUT2D eigenvalue weighted by Gasteiger charge is 2.11. The molecule has 0 bridgehead atoms. The lowest BCUT2D eigenvalue weighted by Gasteiger charge is -2.09. The van der Waals surface area contributed by atoms with Crippen LogP contribution in [0, 0.1) is 6.92 Å². The number of aromatic nitrogens is 3. The number of benzene rings is 1. The molecule has 0 unspecified atom stereocenters. The maximum atomic E-state index is 12.4. The minimum absolute atomic E-state index is 0.267. The quantitative estimate of drug-likeness (QED) is 0.731. The zero-order valence-electron chi connectivity index (χ0n) is 13.5. The molecule has 1 aromatic carbocycles. The Morgan fingerprint density at radius 1 is 1.20 bits per heavy atom. The lowest BCUT2D eigenvalue weighted by molar-refractivity contribution is 0.102. The predicted molar refractivity (Wildman–Crippen MR) is 97.7 cm³/mol. The first-order valence-electron chi connectivity index (χ1n) is 7.65. The Morgan fingerprint density at radius 3 is 2.88 bits per heavy atom. The lowest BCUT2D eigenvalue weighted by atomic mass is 10.2. The van der Waals surface area contributed by atoms with Crippen LogP contribution in [0.2, 0.25) is 5.02 Å². The minimum atomic E-state index is -0.322. The fourth-order valence-electron chi connectivity index (χ4n) is 2.17. The average Bonchev–Trinajstić information content (AvgIpc) is 2.64. The molecule has 0 aliphatic rings. The van der Waals surface area contributed by atoms with Gasteiger partial charge in [-0.1, -0.05) is 23.7 Å². The van der Waals surface area contributed by atoms with Gasteiger partial charge in [0.2, 0.25) is 5.95 Å². The summed E-state index contributed by atoms with van der Waals surface area (Å²) < 4.78 is 0. The minimum Gasteiger partial charge on any atom is -0.350 e. The molecule has 0 saturated heterocycles. The van der Waals surface area contributed by atoms with Crippen LogP contribution in [0.5, 0.6) is 0 Å². The number of rotatable bonds is 5. The van der Waals surface area contributed by atoms with Gasteiger partial charge in [0.1, 0.15) is 5.69 Å². The van der Waals surface area contributed by atoms with E-state index >= 15 is 0 Å². The van der Waals surface area contributed by atoms with E-state index in [1.54, 1.807) is 30.6 Å². The van der Waals surface area contributed by atoms with Crippen LogP contribution in [-0.2, 0) is 6.54 Å². The van der Waals surface area contributed by atoms with Crippen molar-refractivity contribution in [3.8, 4) is 0 Å². The first-order valence-corrected chi connectivity index (χ1v) is 8.03. The zero-order chi connectivity index (χ0) is 17.6. The van der Waals surface area contributed by atoms with Gasteiger partial charge in [-0.15, -0.1) is 0 Å². The normalized spacial score (nSPS) is 10.3. The second-order valence-corrected chi connectivity index (χ2v) is 5.83. The third-order valence-corrected chi connectivity index (χ3v) is 3.74. The molecule has 6 nitrogen and oxygen atoms in total. The monoisotopic (exact) mass is 353 g/mol. The number of aryl methyl sites for hydroxylation is 1. The summed E-state index contributed by atoms with van der Waals surface area (Å²) in [7, 11) is 0. The van der Waals surface area contributed by atoms with E-state index in [1.807, 2.05) is 25.1 Å². The Morgan fingerprint density at radius 2 is 2.08 bits per heavy atom. The third kappa shape index (κ3) is 4.51. The smallest absolute Gasteiger partial charge is 0.274 e. The Bertz CT molecular complexity index is 886. The number of carbonyl (C=O) groups is 1. The van der Waals surface area contributed by atoms with Crippen molar-refractivity contribution < 1.29 is 4.79 Å². The molecule has 0 aliphatic heterocycles. The Hall–Kier alpha value is -2.99. The van der Waals surface area contributed by atoms with Gasteiger partial charge in [0, 0.05) is 35.8 Å². The molecule has 2 aromatic heterocycles. The molecule has 1 amide bonds. The standard InChI is InChI=1S/C18H16ClN5O/c1-12-4-5-14(19)9-16(12)23-17(25)15-6-8-21-18(24-15)22-11-13-3-2-7-20-10-13/h2-10H,11H2,1H3,(H,23,25)(H,21,22,24). The van der Waals surface area contributed by atoms with E-state index in [4.69, 9.17) is 11.6 Å². The largest absolute Gasteiger partial charge is 0.350 e. The van der Waals surface area contributed by atoms with Gasteiger partial charge >= 0.3 is 0 Å². The molecule has 0 spiro atoms. The summed E-state index contributed by atoms with van der Waals surface area (Å²) in [4.78, 5) is 24.9. The van der Waals surface area contributed by atoms with E-state index < -0.39 is 0 Å². The van der Waals surface area contributed by atoms with Crippen molar-refractivity contribution in [1.82, 2.24) is 15.0 Å². The van der Waals surface area contributed by atoms with Crippen molar-refractivity contribution in [3.05, 3.63) is 76.8 Å². The molecule has 126 valence electrons. The van der Waals surface area contributed by atoms with Crippen molar-refractivity contribution >= 4 is 29.1 Å². The molecule has 2 N–H and O–H groups in total. The number of nitrogens with zero attached hydrogens (tertiary/aromatic N) is 3. The Labute approximate surface area is 150 Å². The van der Waals surface area contributed by atoms with E-state index in [-0.39, 0.29) is 11.6 Å². The first-order chi connectivity index (χ1) is 12.1. The van der Waals surface area contributed by atoms with Gasteiger partial charge in [0.15, 0.2) is 0 Å². The van der Waals surface area contributed by atoms with Gasteiger partial charge in [0.25, 0.3) is 5.91 Å². The van der Waals surface area contributed by atoms with Crippen LogP contribution in [0.4, 0.5) is 11.6 Å². The highest BCUT2D eigenvalue weighted by atomic mass is 35.5. The van der Waals surface area contributed by atoms with Gasteiger partial charge in [-0.3, -0.25) is 9.78 Å². The molecule has 0 aliphatic carbocycles. The van der Waals surface area contributed by atoms with Crippen LogP contribution in [0.15, 0.2) is 55.0 Å². The van der Waals surface area contributed by atoms with E-state index in [2.05, 4.69) is 25.6 Å². The number of hydrogen-bond acceptors (Lipinski definition) is 5. The second kappa shape index (κ2) is 7.72. The van der Waals surface area contributed by atoms with Gasteiger partial charge in [0.05, 0.1) is 0 Å². The molecule has 3 aromatic rings. The summed E-state index contributed by atoms with van der Waals surface area (Å²) in [6.07, 6.45) is 5.01. The number of carbonyl (C=O) groups excluding carboxylic acids is 1. The fourth-order valence-corrected chi connectivity index (χ4v) is 2.34. The highest BCUT2D eigenvalue weighted by molar-refractivity contribution is 6.31. The number of halogens is 1. The summed E-state index contributed by atoms with van der Waals surface area (Å²) in [5, 5.41) is 6.45. The molecule has 0 saturated carbocycles. The maximum Gasteiger partial charge on any atom is 0.274 e. The van der Waals surface area contributed by atoms with Crippen LogP contribution in [0.3, 0.4) is 0 Å². The van der Waals surface area contributed by atoms with Crippen molar-refractivity contribution in [3.63, 3.8) is 0 Å².